The zero-order valence-corrected chi connectivity index (χ0v) is 18.6. The molecule has 0 saturated carbocycles. The highest BCUT2D eigenvalue weighted by molar-refractivity contribution is 7.90. The molecular weight excluding hydrogens is 420 g/mol. The third-order valence-corrected chi connectivity index (χ3v) is 7.22. The number of rotatable bonds is 5. The molecule has 8 heteroatoms. The van der Waals surface area contributed by atoms with Crippen molar-refractivity contribution in [1.29, 1.82) is 0 Å². The van der Waals surface area contributed by atoms with Gasteiger partial charge in [-0.15, -0.1) is 11.3 Å². The van der Waals surface area contributed by atoms with Crippen molar-refractivity contribution in [2.75, 3.05) is 12.8 Å². The van der Waals surface area contributed by atoms with Gasteiger partial charge < -0.3 is 10.1 Å². The molecule has 6 nitrogen and oxygen atoms in total. The number of amides is 1. The van der Waals surface area contributed by atoms with Crippen molar-refractivity contribution in [3.8, 4) is 16.9 Å². The summed E-state index contributed by atoms with van der Waals surface area (Å²) in [6, 6.07) is 12.8. The summed E-state index contributed by atoms with van der Waals surface area (Å²) >= 11 is 1.39. The Labute approximate surface area is 179 Å². The van der Waals surface area contributed by atoms with Gasteiger partial charge >= 0.3 is 0 Å². The Balaban J connectivity index is 1.42. The van der Waals surface area contributed by atoms with Crippen LogP contribution in [0, 0.1) is 13.8 Å². The summed E-state index contributed by atoms with van der Waals surface area (Å²) in [5, 5.41) is 3.82. The predicted molar refractivity (Wildman–Crippen MR) is 117 cm³/mol. The minimum Gasteiger partial charge on any atom is -0.488 e. The van der Waals surface area contributed by atoms with Crippen LogP contribution in [0.25, 0.3) is 11.1 Å². The normalized spacial score (nSPS) is 15.5. The van der Waals surface area contributed by atoms with E-state index in [-0.39, 0.29) is 12.0 Å². The van der Waals surface area contributed by atoms with Crippen LogP contribution in [0.5, 0.6) is 5.75 Å². The SMILES string of the molecule is Cc1nc(C)c(C(=O)NC[C@H]2Cc3cc(-c4ccc(S(C)(=O)=O)cc4)ccc3O2)s1. The molecule has 1 aliphatic heterocycles. The molecule has 0 saturated heterocycles. The van der Waals surface area contributed by atoms with Crippen molar-refractivity contribution in [3.63, 3.8) is 0 Å². The van der Waals surface area contributed by atoms with Crippen molar-refractivity contribution < 1.29 is 17.9 Å². The van der Waals surface area contributed by atoms with Crippen LogP contribution < -0.4 is 10.1 Å². The zero-order valence-electron chi connectivity index (χ0n) is 16.9. The van der Waals surface area contributed by atoms with E-state index >= 15 is 0 Å². The van der Waals surface area contributed by atoms with Gasteiger partial charge in [-0.05, 0) is 54.8 Å². The molecule has 156 valence electrons. The second kappa shape index (κ2) is 7.85. The molecular formula is C22H22N2O4S2. The largest absolute Gasteiger partial charge is 0.488 e. The second-order valence-electron chi connectivity index (χ2n) is 7.42. The minimum atomic E-state index is -3.21. The molecule has 2 heterocycles. The number of sulfone groups is 1. The molecule has 0 aliphatic carbocycles. The average molecular weight is 443 g/mol. The van der Waals surface area contributed by atoms with Crippen molar-refractivity contribution in [2.45, 2.75) is 31.3 Å². The lowest BCUT2D eigenvalue weighted by molar-refractivity contribution is 0.0937. The van der Waals surface area contributed by atoms with Gasteiger partial charge in [-0.1, -0.05) is 18.2 Å². The van der Waals surface area contributed by atoms with Crippen molar-refractivity contribution in [3.05, 3.63) is 63.6 Å². The number of nitrogens with one attached hydrogen (secondary N) is 1. The molecule has 0 fully saturated rings. The number of hydrogen-bond donors (Lipinski definition) is 1. The molecule has 1 aromatic heterocycles. The highest BCUT2D eigenvalue weighted by atomic mass is 32.2. The third-order valence-electron chi connectivity index (χ3n) is 5.02. The van der Waals surface area contributed by atoms with Gasteiger partial charge in [-0.3, -0.25) is 4.79 Å². The van der Waals surface area contributed by atoms with E-state index < -0.39 is 9.84 Å². The molecule has 0 unspecified atom stereocenters. The highest BCUT2D eigenvalue weighted by Gasteiger charge is 2.24. The van der Waals surface area contributed by atoms with Crippen LogP contribution in [0.1, 0.15) is 25.9 Å². The van der Waals surface area contributed by atoms with E-state index in [9.17, 15) is 13.2 Å². The molecule has 0 radical (unpaired) electrons. The van der Waals surface area contributed by atoms with Gasteiger partial charge in [0.05, 0.1) is 22.1 Å². The van der Waals surface area contributed by atoms with E-state index in [0.717, 1.165) is 33.1 Å². The molecule has 1 amide bonds. The van der Waals surface area contributed by atoms with Crippen LogP contribution in [0.15, 0.2) is 47.4 Å². The number of carbonyl (C=O) groups excluding carboxylic acids is 1. The Morgan fingerprint density at radius 2 is 1.87 bits per heavy atom. The summed E-state index contributed by atoms with van der Waals surface area (Å²) in [6.07, 6.45) is 1.78. The lowest BCUT2D eigenvalue weighted by Gasteiger charge is -2.11. The number of thiazole rings is 1. The molecule has 30 heavy (non-hydrogen) atoms. The number of benzene rings is 2. The maximum Gasteiger partial charge on any atom is 0.263 e. The molecule has 3 aromatic rings. The lowest BCUT2D eigenvalue weighted by Crippen LogP contribution is -2.34. The summed E-state index contributed by atoms with van der Waals surface area (Å²) in [5.74, 6) is 0.694. The van der Waals surface area contributed by atoms with Crippen LogP contribution in [-0.4, -0.2) is 38.2 Å². The van der Waals surface area contributed by atoms with E-state index in [2.05, 4.69) is 16.4 Å². The van der Waals surface area contributed by atoms with Gasteiger partial charge in [0.1, 0.15) is 16.7 Å². The number of nitrogens with zero attached hydrogens (tertiary/aromatic N) is 1. The first kappa shape index (κ1) is 20.6. The van der Waals surface area contributed by atoms with Gasteiger partial charge in [0.15, 0.2) is 9.84 Å². The van der Waals surface area contributed by atoms with Crippen LogP contribution in [0.2, 0.25) is 0 Å². The van der Waals surface area contributed by atoms with E-state index in [0.29, 0.717) is 22.7 Å². The Morgan fingerprint density at radius 3 is 2.50 bits per heavy atom. The second-order valence-corrected chi connectivity index (χ2v) is 10.6. The number of ether oxygens (including phenoxy) is 1. The van der Waals surface area contributed by atoms with E-state index in [4.69, 9.17) is 4.74 Å². The van der Waals surface area contributed by atoms with Gasteiger partial charge in [0.25, 0.3) is 5.91 Å². The van der Waals surface area contributed by atoms with Gasteiger partial charge in [-0.25, -0.2) is 13.4 Å². The minimum absolute atomic E-state index is 0.121. The third kappa shape index (κ3) is 4.24. The van der Waals surface area contributed by atoms with E-state index in [1.54, 1.807) is 12.1 Å². The van der Waals surface area contributed by atoms with Gasteiger partial charge in [0, 0.05) is 12.7 Å². The average Bonchev–Trinajstić information content (AvgIpc) is 3.26. The monoisotopic (exact) mass is 442 g/mol. The van der Waals surface area contributed by atoms with Crippen molar-refractivity contribution in [1.82, 2.24) is 10.3 Å². The summed E-state index contributed by atoms with van der Waals surface area (Å²) in [4.78, 5) is 17.6. The standard InChI is InChI=1S/C22H22N2O4S2/c1-13-21(29-14(2)24-13)22(25)23-12-18-11-17-10-16(6-9-20(17)28-18)15-4-7-19(8-5-15)30(3,26)27/h4-10,18H,11-12H2,1-3H3,(H,23,25)/t18-/m1/s1. The van der Waals surface area contributed by atoms with Crippen LogP contribution >= 0.6 is 11.3 Å². The number of hydrogen-bond acceptors (Lipinski definition) is 6. The smallest absolute Gasteiger partial charge is 0.263 e. The maximum absolute atomic E-state index is 12.4. The number of fused-ring (bicyclic) bond motifs is 1. The zero-order chi connectivity index (χ0) is 21.5. The summed E-state index contributed by atoms with van der Waals surface area (Å²) in [5.41, 5.74) is 3.76. The van der Waals surface area contributed by atoms with Crippen molar-refractivity contribution >= 4 is 27.1 Å². The van der Waals surface area contributed by atoms with Gasteiger partial charge in [-0.2, -0.15) is 0 Å². The lowest BCUT2D eigenvalue weighted by atomic mass is 10.0. The Bertz CT molecular complexity index is 1210. The Kier molecular flexibility index (Phi) is 5.38. The topological polar surface area (TPSA) is 85.4 Å². The summed E-state index contributed by atoms with van der Waals surface area (Å²) in [7, 11) is -3.21. The Morgan fingerprint density at radius 1 is 1.17 bits per heavy atom. The first-order valence-electron chi connectivity index (χ1n) is 9.53. The summed E-state index contributed by atoms with van der Waals surface area (Å²) < 4.78 is 29.3. The molecule has 1 N–H and O–H groups in total. The highest BCUT2D eigenvalue weighted by Crippen LogP contribution is 2.33. The number of carbonyl (C=O) groups is 1. The quantitative estimate of drug-likeness (QED) is 0.653. The Hall–Kier alpha value is -2.71. The maximum atomic E-state index is 12.4. The van der Waals surface area contributed by atoms with E-state index in [1.807, 2.05) is 38.1 Å². The molecule has 2 aromatic carbocycles. The first-order valence-corrected chi connectivity index (χ1v) is 12.2. The fourth-order valence-electron chi connectivity index (χ4n) is 3.54. The molecule has 4 rings (SSSR count). The van der Waals surface area contributed by atoms with E-state index in [1.165, 1.54) is 17.6 Å². The predicted octanol–water partition coefficient (Wildman–Crippen LogP) is 3.56. The summed E-state index contributed by atoms with van der Waals surface area (Å²) in [6.45, 7) is 4.14. The molecule has 1 atom stereocenters. The van der Waals surface area contributed by atoms with Crippen LogP contribution in [0.4, 0.5) is 0 Å². The fourth-order valence-corrected chi connectivity index (χ4v) is 5.00. The number of aromatic nitrogens is 1. The van der Waals surface area contributed by atoms with Crippen LogP contribution in [0.3, 0.4) is 0 Å². The van der Waals surface area contributed by atoms with Crippen LogP contribution in [-0.2, 0) is 16.3 Å². The van der Waals surface area contributed by atoms with Crippen molar-refractivity contribution in [2.24, 2.45) is 0 Å². The fraction of sp³-hybridized carbons (Fsp3) is 0.273. The molecule has 1 aliphatic rings. The van der Waals surface area contributed by atoms with Gasteiger partial charge in [0.2, 0.25) is 0 Å². The molecule has 0 bridgehead atoms. The first-order chi connectivity index (χ1) is 14.2. The molecule has 0 spiro atoms. The number of aryl methyl sites for hydroxylation is 2.